The van der Waals surface area contributed by atoms with Crippen LogP contribution in [0.2, 0.25) is 0 Å². The maximum absolute atomic E-state index is 12.8. The zero-order valence-electron chi connectivity index (χ0n) is 12.6. The maximum atomic E-state index is 12.8. The molecular weight excluding hydrogens is 358 g/mol. The molecule has 1 fully saturated rings. The quantitative estimate of drug-likeness (QED) is 0.764. The Hall–Kier alpha value is -0.790. The molecule has 2 rings (SSSR count). The average molecular weight is 378 g/mol. The van der Waals surface area contributed by atoms with Crippen LogP contribution in [0.1, 0.15) is 19.8 Å². The van der Waals surface area contributed by atoms with Gasteiger partial charge in [0.05, 0.1) is 14.2 Å². The third-order valence-electron chi connectivity index (χ3n) is 3.97. The van der Waals surface area contributed by atoms with Crippen molar-refractivity contribution >= 4 is 26.0 Å². The van der Waals surface area contributed by atoms with Gasteiger partial charge in [0, 0.05) is 23.6 Å². The smallest absolute Gasteiger partial charge is 0.244 e. The first-order chi connectivity index (χ1) is 9.82. The Labute approximate surface area is 134 Å². The van der Waals surface area contributed by atoms with E-state index < -0.39 is 10.0 Å². The predicted molar refractivity (Wildman–Crippen MR) is 84.4 cm³/mol. The maximum Gasteiger partial charge on any atom is 0.244 e. The number of benzene rings is 1. The van der Waals surface area contributed by atoms with Gasteiger partial charge in [-0.05, 0) is 47.7 Å². The van der Waals surface area contributed by atoms with E-state index >= 15 is 0 Å². The van der Waals surface area contributed by atoms with E-state index in [9.17, 15) is 8.42 Å². The van der Waals surface area contributed by atoms with Crippen molar-refractivity contribution in [3.8, 4) is 11.5 Å². The summed E-state index contributed by atoms with van der Waals surface area (Å²) in [5, 5.41) is 0. The highest BCUT2D eigenvalue weighted by Gasteiger charge is 2.37. The number of halogens is 1. The molecule has 0 radical (unpaired) electrons. The Morgan fingerprint density at radius 2 is 1.76 bits per heavy atom. The first-order valence-corrected chi connectivity index (χ1v) is 8.95. The summed E-state index contributed by atoms with van der Waals surface area (Å²) in [6.45, 7) is 1.95. The molecule has 0 N–H and O–H groups in total. The van der Waals surface area contributed by atoms with Crippen LogP contribution in [0.5, 0.6) is 11.5 Å². The summed E-state index contributed by atoms with van der Waals surface area (Å²) in [6, 6.07) is 3.10. The van der Waals surface area contributed by atoms with Gasteiger partial charge in [0.1, 0.15) is 4.90 Å². The highest BCUT2D eigenvalue weighted by Crippen LogP contribution is 2.40. The second-order valence-electron chi connectivity index (χ2n) is 5.24. The molecule has 1 aromatic carbocycles. The topological polar surface area (TPSA) is 55.8 Å². The van der Waals surface area contributed by atoms with Crippen molar-refractivity contribution in [1.29, 1.82) is 0 Å². The van der Waals surface area contributed by atoms with Crippen LogP contribution in [0.4, 0.5) is 0 Å². The van der Waals surface area contributed by atoms with Gasteiger partial charge in [-0.3, -0.25) is 0 Å². The minimum Gasteiger partial charge on any atom is -0.493 e. The van der Waals surface area contributed by atoms with Crippen LogP contribution in [0.15, 0.2) is 21.5 Å². The predicted octanol–water partition coefficient (Wildman–Crippen LogP) is 2.89. The van der Waals surface area contributed by atoms with Gasteiger partial charge in [-0.25, -0.2) is 8.42 Å². The van der Waals surface area contributed by atoms with E-state index in [0.717, 1.165) is 12.8 Å². The van der Waals surface area contributed by atoms with Crippen LogP contribution < -0.4 is 9.47 Å². The lowest BCUT2D eigenvalue weighted by atomic mass is 10.2. The molecule has 0 aromatic heterocycles. The third kappa shape index (κ3) is 3.19. The van der Waals surface area contributed by atoms with Crippen LogP contribution in [0, 0.1) is 5.92 Å². The van der Waals surface area contributed by atoms with Crippen molar-refractivity contribution in [3.05, 3.63) is 16.6 Å². The minimum absolute atomic E-state index is 0.00463. The number of hydrogen-bond donors (Lipinski definition) is 0. The fraction of sp³-hybridized carbons (Fsp3) is 0.571. The summed E-state index contributed by atoms with van der Waals surface area (Å²) in [4.78, 5) is 0.190. The molecule has 0 spiro atoms. The molecule has 0 bridgehead atoms. The van der Waals surface area contributed by atoms with Gasteiger partial charge >= 0.3 is 0 Å². The Kier molecular flexibility index (Phi) is 4.85. The average Bonchev–Trinajstić information content (AvgIpc) is 3.29. The van der Waals surface area contributed by atoms with E-state index in [1.165, 1.54) is 24.6 Å². The third-order valence-corrected chi connectivity index (χ3v) is 6.88. The number of methoxy groups -OCH3 is 2. The number of ether oxygens (including phenoxy) is 2. The molecule has 21 heavy (non-hydrogen) atoms. The summed E-state index contributed by atoms with van der Waals surface area (Å²) in [5.74, 6) is 1.34. The normalized spacial score (nSPS) is 16.9. The van der Waals surface area contributed by atoms with E-state index in [-0.39, 0.29) is 10.9 Å². The van der Waals surface area contributed by atoms with E-state index in [2.05, 4.69) is 15.9 Å². The second-order valence-corrected chi connectivity index (χ2v) is 8.06. The van der Waals surface area contributed by atoms with Crippen LogP contribution in [-0.4, -0.2) is 40.0 Å². The Bertz CT molecular complexity index is 628. The van der Waals surface area contributed by atoms with Crippen LogP contribution in [-0.2, 0) is 10.0 Å². The van der Waals surface area contributed by atoms with Gasteiger partial charge < -0.3 is 9.47 Å². The summed E-state index contributed by atoms with van der Waals surface area (Å²) in [6.07, 6.45) is 2.18. The largest absolute Gasteiger partial charge is 0.493 e. The van der Waals surface area contributed by atoms with E-state index in [0.29, 0.717) is 21.9 Å². The number of sulfonamides is 1. The van der Waals surface area contributed by atoms with Crippen molar-refractivity contribution in [2.24, 2.45) is 5.92 Å². The molecule has 5 nitrogen and oxygen atoms in total. The number of hydrogen-bond acceptors (Lipinski definition) is 4. The zero-order valence-corrected chi connectivity index (χ0v) is 15.0. The zero-order chi connectivity index (χ0) is 15.8. The lowest BCUT2D eigenvalue weighted by molar-refractivity contribution is 0.349. The summed E-state index contributed by atoms with van der Waals surface area (Å²) in [5.41, 5.74) is 0. The molecule has 1 aliphatic carbocycles. The summed E-state index contributed by atoms with van der Waals surface area (Å²) in [7, 11) is 1.04. The van der Waals surface area contributed by atoms with Crippen molar-refractivity contribution in [2.45, 2.75) is 30.7 Å². The Morgan fingerprint density at radius 3 is 2.24 bits per heavy atom. The van der Waals surface area contributed by atoms with Crippen molar-refractivity contribution in [1.82, 2.24) is 4.31 Å². The standard InChI is InChI=1S/C14H20BrNO4S/c1-9(10-5-6-10)16(2)21(17,18)14-8-13(20-4)12(19-3)7-11(14)15/h7-10H,5-6H2,1-4H3. The molecule has 1 aliphatic rings. The molecule has 0 heterocycles. The molecule has 0 saturated heterocycles. The highest BCUT2D eigenvalue weighted by atomic mass is 79.9. The van der Waals surface area contributed by atoms with E-state index in [4.69, 9.17) is 9.47 Å². The van der Waals surface area contributed by atoms with E-state index in [1.54, 1.807) is 13.1 Å². The van der Waals surface area contributed by atoms with Gasteiger partial charge in [0.2, 0.25) is 10.0 Å². The lowest BCUT2D eigenvalue weighted by Gasteiger charge is -2.25. The molecular formula is C14H20BrNO4S. The van der Waals surface area contributed by atoms with Gasteiger partial charge in [-0.15, -0.1) is 0 Å². The van der Waals surface area contributed by atoms with Crippen LogP contribution >= 0.6 is 15.9 Å². The van der Waals surface area contributed by atoms with Gasteiger partial charge in [-0.2, -0.15) is 4.31 Å². The van der Waals surface area contributed by atoms with E-state index in [1.807, 2.05) is 6.92 Å². The second kappa shape index (κ2) is 6.14. The van der Waals surface area contributed by atoms with Crippen molar-refractivity contribution in [2.75, 3.05) is 21.3 Å². The first-order valence-electron chi connectivity index (χ1n) is 6.72. The van der Waals surface area contributed by atoms with Crippen molar-refractivity contribution in [3.63, 3.8) is 0 Å². The Balaban J connectivity index is 2.43. The molecule has 7 heteroatoms. The van der Waals surface area contributed by atoms with Crippen LogP contribution in [0.3, 0.4) is 0 Å². The molecule has 118 valence electrons. The SMILES string of the molecule is COc1cc(Br)c(S(=O)(=O)N(C)C(C)C2CC2)cc1OC. The first kappa shape index (κ1) is 16.6. The van der Waals surface area contributed by atoms with Crippen molar-refractivity contribution < 1.29 is 17.9 Å². The van der Waals surface area contributed by atoms with Crippen LogP contribution in [0.25, 0.3) is 0 Å². The number of rotatable bonds is 6. The monoisotopic (exact) mass is 377 g/mol. The highest BCUT2D eigenvalue weighted by molar-refractivity contribution is 9.10. The van der Waals surface area contributed by atoms with Gasteiger partial charge in [-0.1, -0.05) is 0 Å². The molecule has 0 amide bonds. The molecule has 1 unspecified atom stereocenters. The summed E-state index contributed by atoms with van der Waals surface area (Å²) >= 11 is 3.32. The number of nitrogens with zero attached hydrogens (tertiary/aromatic N) is 1. The molecule has 0 aliphatic heterocycles. The van der Waals surface area contributed by atoms with Gasteiger partial charge in [0.15, 0.2) is 11.5 Å². The minimum atomic E-state index is -3.58. The fourth-order valence-electron chi connectivity index (χ4n) is 2.28. The lowest BCUT2D eigenvalue weighted by Crippen LogP contribution is -2.36. The molecule has 1 atom stereocenters. The molecule has 1 saturated carbocycles. The Morgan fingerprint density at radius 1 is 1.24 bits per heavy atom. The van der Waals surface area contributed by atoms with Gasteiger partial charge in [0.25, 0.3) is 0 Å². The molecule has 1 aromatic rings. The summed E-state index contributed by atoms with van der Waals surface area (Å²) < 4.78 is 37.9. The fourth-order valence-corrected chi connectivity index (χ4v) is 4.70.